The summed E-state index contributed by atoms with van der Waals surface area (Å²) in [7, 11) is 0. The number of carboxylic acids is 2. The molecule has 0 atom stereocenters. The fraction of sp³-hybridized carbons (Fsp3) is 0.250. The first-order valence-electron chi connectivity index (χ1n) is 6.94. The van der Waals surface area contributed by atoms with Crippen LogP contribution in [0.3, 0.4) is 0 Å². The number of aromatic nitrogens is 2. The van der Waals surface area contributed by atoms with Crippen LogP contribution in [-0.4, -0.2) is 32.1 Å². The molecule has 0 radical (unpaired) electrons. The number of rotatable bonds is 5. The van der Waals surface area contributed by atoms with Gasteiger partial charge < -0.3 is 10.2 Å². The molecule has 2 heterocycles. The van der Waals surface area contributed by atoms with Gasteiger partial charge in [0, 0.05) is 11.9 Å². The highest BCUT2D eigenvalue weighted by Gasteiger charge is 2.28. The van der Waals surface area contributed by atoms with E-state index in [0.29, 0.717) is 29.8 Å². The van der Waals surface area contributed by atoms with Gasteiger partial charge in [0.25, 0.3) is 0 Å². The molecular weight excluding hydrogens is 284 g/mol. The standard InChI is InChI=1S/C16H16N2O4/c1-3-9-10(4-2)18-14(11-7-5-6-8-17-11)13(16(21)22)12(9)15(19)20/h5-8H,3-4H2,1-2H3,(H,19,20)(H,21,22). The van der Waals surface area contributed by atoms with Gasteiger partial charge in [-0.3, -0.25) is 4.98 Å². The topological polar surface area (TPSA) is 100 Å². The number of carboxylic acid groups (broad SMARTS) is 2. The lowest BCUT2D eigenvalue weighted by molar-refractivity contribution is 0.0650. The first-order chi connectivity index (χ1) is 10.5. The van der Waals surface area contributed by atoms with Crippen molar-refractivity contribution in [2.24, 2.45) is 0 Å². The Morgan fingerprint density at radius 2 is 1.73 bits per heavy atom. The van der Waals surface area contributed by atoms with Crippen LogP contribution in [0.1, 0.15) is 45.8 Å². The molecule has 6 heteroatoms. The average molecular weight is 300 g/mol. The van der Waals surface area contributed by atoms with Gasteiger partial charge in [0.15, 0.2) is 0 Å². The Hall–Kier alpha value is -2.76. The highest BCUT2D eigenvalue weighted by Crippen LogP contribution is 2.28. The molecule has 0 spiro atoms. The Morgan fingerprint density at radius 3 is 2.18 bits per heavy atom. The van der Waals surface area contributed by atoms with Crippen molar-refractivity contribution < 1.29 is 19.8 Å². The number of aromatic carboxylic acids is 2. The molecule has 0 aliphatic heterocycles. The van der Waals surface area contributed by atoms with Gasteiger partial charge in [-0.25, -0.2) is 14.6 Å². The number of hydrogen-bond donors (Lipinski definition) is 2. The van der Waals surface area contributed by atoms with Gasteiger partial charge in [0.2, 0.25) is 0 Å². The number of aryl methyl sites for hydroxylation is 1. The second-order valence-electron chi connectivity index (χ2n) is 4.67. The van der Waals surface area contributed by atoms with E-state index in [9.17, 15) is 19.8 Å². The monoisotopic (exact) mass is 300 g/mol. The number of nitrogens with zero attached hydrogens (tertiary/aromatic N) is 2. The van der Waals surface area contributed by atoms with Crippen LogP contribution in [-0.2, 0) is 12.8 Å². The highest BCUT2D eigenvalue weighted by molar-refractivity contribution is 6.06. The van der Waals surface area contributed by atoms with E-state index in [4.69, 9.17) is 0 Å². The summed E-state index contributed by atoms with van der Waals surface area (Å²) in [6, 6.07) is 5.02. The number of pyridine rings is 2. The maximum atomic E-state index is 11.7. The Balaban J connectivity index is 2.92. The second-order valence-corrected chi connectivity index (χ2v) is 4.67. The molecule has 0 aliphatic carbocycles. The van der Waals surface area contributed by atoms with E-state index >= 15 is 0 Å². The molecule has 2 N–H and O–H groups in total. The molecule has 22 heavy (non-hydrogen) atoms. The minimum absolute atomic E-state index is 0.0968. The summed E-state index contributed by atoms with van der Waals surface area (Å²) < 4.78 is 0. The normalized spacial score (nSPS) is 10.5. The zero-order valence-electron chi connectivity index (χ0n) is 12.3. The summed E-state index contributed by atoms with van der Waals surface area (Å²) in [5.41, 5.74) is 1.000. The van der Waals surface area contributed by atoms with Crippen molar-refractivity contribution in [1.82, 2.24) is 9.97 Å². The molecule has 114 valence electrons. The van der Waals surface area contributed by atoms with Gasteiger partial charge in [-0.15, -0.1) is 0 Å². The summed E-state index contributed by atoms with van der Waals surface area (Å²) in [6.07, 6.45) is 2.44. The Morgan fingerprint density at radius 1 is 1.05 bits per heavy atom. The van der Waals surface area contributed by atoms with Gasteiger partial charge in [-0.05, 0) is 30.5 Å². The van der Waals surface area contributed by atoms with E-state index in [2.05, 4.69) is 9.97 Å². The highest BCUT2D eigenvalue weighted by atomic mass is 16.4. The van der Waals surface area contributed by atoms with E-state index in [1.807, 2.05) is 6.92 Å². The summed E-state index contributed by atoms with van der Waals surface area (Å²) in [6.45, 7) is 3.64. The Labute approximate surface area is 127 Å². The van der Waals surface area contributed by atoms with Crippen LogP contribution < -0.4 is 0 Å². The van der Waals surface area contributed by atoms with Crippen LogP contribution in [0.5, 0.6) is 0 Å². The number of hydrogen-bond acceptors (Lipinski definition) is 4. The summed E-state index contributed by atoms with van der Waals surface area (Å²) >= 11 is 0. The van der Waals surface area contributed by atoms with Gasteiger partial charge >= 0.3 is 11.9 Å². The van der Waals surface area contributed by atoms with Crippen molar-refractivity contribution in [3.63, 3.8) is 0 Å². The Kier molecular flexibility index (Phi) is 4.50. The minimum atomic E-state index is -1.32. The fourth-order valence-electron chi connectivity index (χ4n) is 2.48. The van der Waals surface area contributed by atoms with Crippen molar-refractivity contribution in [2.75, 3.05) is 0 Å². The lowest BCUT2D eigenvalue weighted by Crippen LogP contribution is -2.17. The zero-order valence-corrected chi connectivity index (χ0v) is 12.3. The SMILES string of the molecule is CCc1nc(-c2ccccn2)c(C(=O)O)c(C(=O)O)c1CC. The number of carbonyl (C=O) groups is 2. The van der Waals surface area contributed by atoms with Crippen molar-refractivity contribution in [3.05, 3.63) is 46.8 Å². The molecule has 0 fully saturated rings. The maximum absolute atomic E-state index is 11.7. The molecule has 6 nitrogen and oxygen atoms in total. The smallest absolute Gasteiger partial charge is 0.338 e. The Bertz CT molecular complexity index is 727. The summed E-state index contributed by atoms with van der Waals surface area (Å²) in [4.78, 5) is 31.8. The van der Waals surface area contributed by atoms with Crippen molar-refractivity contribution in [2.45, 2.75) is 26.7 Å². The van der Waals surface area contributed by atoms with Crippen molar-refractivity contribution in [3.8, 4) is 11.4 Å². The van der Waals surface area contributed by atoms with Crippen molar-refractivity contribution in [1.29, 1.82) is 0 Å². The maximum Gasteiger partial charge on any atom is 0.338 e. The van der Waals surface area contributed by atoms with Crippen molar-refractivity contribution >= 4 is 11.9 Å². The first-order valence-corrected chi connectivity index (χ1v) is 6.94. The first kappa shape index (κ1) is 15.6. The van der Waals surface area contributed by atoms with E-state index in [1.54, 1.807) is 25.1 Å². The van der Waals surface area contributed by atoms with E-state index in [-0.39, 0.29) is 16.8 Å². The molecule has 0 saturated heterocycles. The minimum Gasteiger partial charge on any atom is -0.478 e. The van der Waals surface area contributed by atoms with E-state index in [0.717, 1.165) is 0 Å². The van der Waals surface area contributed by atoms with Gasteiger partial charge in [-0.2, -0.15) is 0 Å². The molecular formula is C16H16N2O4. The van der Waals surface area contributed by atoms with Crippen LogP contribution in [0.4, 0.5) is 0 Å². The molecule has 2 aromatic heterocycles. The molecule has 0 bridgehead atoms. The van der Waals surface area contributed by atoms with Crippen LogP contribution in [0, 0.1) is 0 Å². The van der Waals surface area contributed by atoms with Gasteiger partial charge in [-0.1, -0.05) is 19.9 Å². The third kappa shape index (κ3) is 2.67. The predicted octanol–water partition coefficient (Wildman–Crippen LogP) is 2.66. The fourth-order valence-corrected chi connectivity index (χ4v) is 2.48. The largest absolute Gasteiger partial charge is 0.478 e. The summed E-state index contributed by atoms with van der Waals surface area (Å²) in [5.74, 6) is -2.58. The molecule has 2 rings (SSSR count). The predicted molar refractivity (Wildman–Crippen MR) is 80.1 cm³/mol. The quantitative estimate of drug-likeness (QED) is 0.880. The molecule has 2 aromatic rings. The van der Waals surface area contributed by atoms with E-state index < -0.39 is 11.9 Å². The molecule has 0 aromatic carbocycles. The second kappa shape index (κ2) is 6.34. The van der Waals surface area contributed by atoms with Crippen LogP contribution in [0.25, 0.3) is 11.4 Å². The molecule has 0 saturated carbocycles. The van der Waals surface area contributed by atoms with E-state index in [1.165, 1.54) is 6.20 Å². The van der Waals surface area contributed by atoms with Crippen LogP contribution >= 0.6 is 0 Å². The molecule has 0 unspecified atom stereocenters. The zero-order chi connectivity index (χ0) is 16.3. The van der Waals surface area contributed by atoms with Gasteiger partial charge in [0.05, 0.1) is 11.3 Å². The van der Waals surface area contributed by atoms with Crippen LogP contribution in [0.15, 0.2) is 24.4 Å². The van der Waals surface area contributed by atoms with Gasteiger partial charge in [0.1, 0.15) is 11.3 Å². The molecule has 0 aliphatic rings. The third-order valence-corrected chi connectivity index (χ3v) is 3.41. The molecule has 0 amide bonds. The average Bonchev–Trinajstić information content (AvgIpc) is 2.53. The van der Waals surface area contributed by atoms with Crippen LogP contribution in [0.2, 0.25) is 0 Å². The summed E-state index contributed by atoms with van der Waals surface area (Å²) in [5, 5.41) is 19.0. The third-order valence-electron chi connectivity index (χ3n) is 3.41. The lowest BCUT2D eigenvalue weighted by atomic mass is 9.94. The lowest BCUT2D eigenvalue weighted by Gasteiger charge is -2.15.